The molecule has 0 saturated carbocycles. The number of H-pyrrole nitrogens is 1. The predicted octanol–water partition coefficient (Wildman–Crippen LogP) is 1.67. The van der Waals surface area contributed by atoms with Gasteiger partial charge in [-0.25, -0.2) is 0 Å². The van der Waals surface area contributed by atoms with Gasteiger partial charge in [-0.15, -0.1) is 0 Å². The molecule has 3 aromatic rings. The molecule has 5 nitrogen and oxygen atoms in total. The van der Waals surface area contributed by atoms with Crippen LogP contribution in [0.15, 0.2) is 23.0 Å². The van der Waals surface area contributed by atoms with Gasteiger partial charge in [-0.3, -0.25) is 5.10 Å². The number of hydrogen-bond donors (Lipinski definition) is 1. The van der Waals surface area contributed by atoms with E-state index in [4.69, 9.17) is 4.52 Å². The first-order valence-corrected chi connectivity index (χ1v) is 4.42. The molecule has 3 rings (SSSR count). The highest BCUT2D eigenvalue weighted by atomic mass is 32.1. The molecule has 3 heterocycles. The Morgan fingerprint density at radius 1 is 1.46 bits per heavy atom. The smallest absolute Gasteiger partial charge is 0.135 e. The Balaban J connectivity index is 2.33. The van der Waals surface area contributed by atoms with Crippen LogP contribution in [0.4, 0.5) is 0 Å². The van der Waals surface area contributed by atoms with Crippen molar-refractivity contribution in [2.24, 2.45) is 0 Å². The maximum atomic E-state index is 4.74. The zero-order chi connectivity index (χ0) is 8.67. The fourth-order valence-electron chi connectivity index (χ4n) is 1.16. The largest absolute Gasteiger partial charge is 0.364 e. The Labute approximate surface area is 76.5 Å². The average Bonchev–Trinajstić information content (AvgIpc) is 2.79. The van der Waals surface area contributed by atoms with Crippen molar-refractivity contribution in [2.75, 3.05) is 0 Å². The van der Waals surface area contributed by atoms with Crippen LogP contribution in [0.25, 0.3) is 21.6 Å². The molecule has 0 aliphatic carbocycles. The summed E-state index contributed by atoms with van der Waals surface area (Å²) in [5, 5.41) is 10.6. The summed E-state index contributed by atoms with van der Waals surface area (Å²) >= 11 is 1.39. The van der Waals surface area contributed by atoms with Crippen LogP contribution >= 0.6 is 11.5 Å². The molecule has 0 bridgehead atoms. The van der Waals surface area contributed by atoms with Gasteiger partial charge in [0.05, 0.1) is 10.9 Å². The van der Waals surface area contributed by atoms with Gasteiger partial charge < -0.3 is 4.52 Å². The lowest BCUT2D eigenvalue weighted by atomic mass is 10.3. The molecule has 3 aromatic heterocycles. The summed E-state index contributed by atoms with van der Waals surface area (Å²) < 4.78 is 10.0. The van der Waals surface area contributed by atoms with Gasteiger partial charge in [0.2, 0.25) is 0 Å². The van der Waals surface area contributed by atoms with Gasteiger partial charge in [0.1, 0.15) is 23.2 Å². The van der Waals surface area contributed by atoms with Crippen LogP contribution < -0.4 is 0 Å². The molecule has 6 heteroatoms. The highest BCUT2D eigenvalue weighted by molar-refractivity contribution is 7.13. The summed E-state index contributed by atoms with van der Waals surface area (Å²) in [5.41, 5.74) is 2.45. The molecule has 13 heavy (non-hydrogen) atoms. The van der Waals surface area contributed by atoms with Gasteiger partial charge in [-0.2, -0.15) is 9.47 Å². The third kappa shape index (κ3) is 0.888. The third-order valence-electron chi connectivity index (χ3n) is 1.76. The molecule has 0 atom stereocenters. The van der Waals surface area contributed by atoms with Gasteiger partial charge in [-0.1, -0.05) is 5.16 Å². The molecule has 0 radical (unpaired) electrons. The number of fused-ring (bicyclic) bond motifs is 1. The van der Waals surface area contributed by atoms with Crippen LogP contribution in [0.1, 0.15) is 0 Å². The van der Waals surface area contributed by atoms with E-state index in [0.717, 1.165) is 21.6 Å². The topological polar surface area (TPSA) is 67.6 Å². The van der Waals surface area contributed by atoms with E-state index in [1.165, 1.54) is 17.8 Å². The number of aromatic nitrogens is 4. The van der Waals surface area contributed by atoms with E-state index < -0.39 is 0 Å². The molecule has 0 amide bonds. The minimum absolute atomic E-state index is 0.732. The third-order valence-corrected chi connectivity index (χ3v) is 2.54. The van der Waals surface area contributed by atoms with E-state index in [2.05, 4.69) is 19.7 Å². The van der Waals surface area contributed by atoms with Crippen molar-refractivity contribution < 1.29 is 4.52 Å². The van der Waals surface area contributed by atoms with Gasteiger partial charge in [0.15, 0.2) is 0 Å². The monoisotopic (exact) mass is 192 g/mol. The fourth-order valence-corrected chi connectivity index (χ4v) is 1.87. The summed E-state index contributed by atoms with van der Waals surface area (Å²) in [6.07, 6.45) is 3.27. The maximum absolute atomic E-state index is 4.74. The van der Waals surface area contributed by atoms with Crippen molar-refractivity contribution >= 4 is 21.7 Å². The molecule has 0 unspecified atom stereocenters. The van der Waals surface area contributed by atoms with E-state index in [9.17, 15) is 0 Å². The van der Waals surface area contributed by atoms with Gasteiger partial charge in [-0.05, 0) is 11.5 Å². The predicted molar refractivity (Wildman–Crippen MR) is 47.3 cm³/mol. The zero-order valence-electron chi connectivity index (χ0n) is 6.39. The molecule has 0 aromatic carbocycles. The molecule has 1 N–H and O–H groups in total. The standard InChI is InChI=1S/C7H4N4OS/c1-2-12-10-4(1)6-7-5(13-11-6)3-8-9-7/h1-3H,(H,8,9). The Kier molecular flexibility index (Phi) is 1.25. The van der Waals surface area contributed by atoms with Crippen LogP contribution in [-0.4, -0.2) is 19.7 Å². The van der Waals surface area contributed by atoms with Crippen LogP contribution in [0.5, 0.6) is 0 Å². The van der Waals surface area contributed by atoms with Crippen LogP contribution in [0, 0.1) is 0 Å². The Morgan fingerprint density at radius 3 is 3.31 bits per heavy atom. The second-order valence-corrected chi connectivity index (χ2v) is 3.33. The Morgan fingerprint density at radius 2 is 2.46 bits per heavy atom. The first kappa shape index (κ1) is 6.79. The van der Waals surface area contributed by atoms with Crippen molar-refractivity contribution in [3.8, 4) is 11.4 Å². The number of nitrogens with one attached hydrogen (secondary N) is 1. The SMILES string of the molecule is c1cc(-c2nsc3cn[nH]c23)no1. The minimum atomic E-state index is 0.732. The van der Waals surface area contributed by atoms with Crippen molar-refractivity contribution in [2.45, 2.75) is 0 Å². The molecule has 0 aliphatic heterocycles. The van der Waals surface area contributed by atoms with E-state index in [0.29, 0.717) is 0 Å². The number of rotatable bonds is 1. The van der Waals surface area contributed by atoms with Crippen molar-refractivity contribution in [3.05, 3.63) is 18.5 Å². The van der Waals surface area contributed by atoms with Crippen LogP contribution in [-0.2, 0) is 0 Å². The minimum Gasteiger partial charge on any atom is -0.364 e. The number of hydrogen-bond acceptors (Lipinski definition) is 5. The van der Waals surface area contributed by atoms with Gasteiger partial charge in [0.25, 0.3) is 0 Å². The summed E-state index contributed by atoms with van der Waals surface area (Å²) in [4.78, 5) is 0. The van der Waals surface area contributed by atoms with Crippen LogP contribution in [0.3, 0.4) is 0 Å². The summed E-state index contributed by atoms with van der Waals surface area (Å²) in [5.74, 6) is 0. The van der Waals surface area contributed by atoms with E-state index >= 15 is 0 Å². The van der Waals surface area contributed by atoms with E-state index in [-0.39, 0.29) is 0 Å². The first-order valence-electron chi connectivity index (χ1n) is 3.64. The van der Waals surface area contributed by atoms with E-state index in [1.807, 2.05) is 0 Å². The molecule has 0 spiro atoms. The van der Waals surface area contributed by atoms with Crippen LogP contribution in [0.2, 0.25) is 0 Å². The highest BCUT2D eigenvalue weighted by Gasteiger charge is 2.11. The van der Waals surface area contributed by atoms with Crippen molar-refractivity contribution in [1.82, 2.24) is 19.7 Å². The second kappa shape index (κ2) is 2.40. The van der Waals surface area contributed by atoms with Crippen molar-refractivity contribution in [3.63, 3.8) is 0 Å². The Bertz CT molecular complexity index is 523. The summed E-state index contributed by atoms with van der Waals surface area (Å²) in [7, 11) is 0. The number of aromatic amines is 1. The molecule has 0 saturated heterocycles. The molecular weight excluding hydrogens is 188 g/mol. The molecule has 64 valence electrons. The van der Waals surface area contributed by atoms with E-state index in [1.54, 1.807) is 12.3 Å². The lowest BCUT2D eigenvalue weighted by Crippen LogP contribution is -1.77. The number of nitrogens with zero attached hydrogens (tertiary/aromatic N) is 3. The molecule has 0 fully saturated rings. The first-order chi connectivity index (χ1) is 6.45. The van der Waals surface area contributed by atoms with Gasteiger partial charge in [0, 0.05) is 6.07 Å². The Hall–Kier alpha value is -1.69. The maximum Gasteiger partial charge on any atom is 0.135 e. The fraction of sp³-hybridized carbons (Fsp3) is 0. The normalized spacial score (nSPS) is 11.1. The average molecular weight is 192 g/mol. The quantitative estimate of drug-likeness (QED) is 0.636. The summed E-state index contributed by atoms with van der Waals surface area (Å²) in [6.45, 7) is 0. The second-order valence-electron chi connectivity index (χ2n) is 2.53. The van der Waals surface area contributed by atoms with Crippen molar-refractivity contribution in [1.29, 1.82) is 0 Å². The molecule has 0 aliphatic rings. The lowest BCUT2D eigenvalue weighted by Gasteiger charge is -1.84. The summed E-state index contributed by atoms with van der Waals surface area (Å²) in [6, 6.07) is 1.77. The molecular formula is C7H4N4OS. The zero-order valence-corrected chi connectivity index (χ0v) is 7.21. The highest BCUT2D eigenvalue weighted by Crippen LogP contribution is 2.27. The lowest BCUT2D eigenvalue weighted by molar-refractivity contribution is 0.422. The van der Waals surface area contributed by atoms with Gasteiger partial charge >= 0.3 is 0 Å².